The third kappa shape index (κ3) is 4.31. The molecule has 1 saturated carbocycles. The Labute approximate surface area is 109 Å². The van der Waals surface area contributed by atoms with Crippen LogP contribution in [0.2, 0.25) is 0 Å². The SMILES string of the molecule is O=C1CCC(NC(=O)CC2CCCCCC2)CN1. The van der Waals surface area contributed by atoms with Crippen LogP contribution in [-0.2, 0) is 9.59 Å². The monoisotopic (exact) mass is 252 g/mol. The highest BCUT2D eigenvalue weighted by atomic mass is 16.2. The smallest absolute Gasteiger partial charge is 0.220 e. The van der Waals surface area contributed by atoms with Gasteiger partial charge in [0.05, 0.1) is 0 Å². The number of amides is 2. The second-order valence-electron chi connectivity index (χ2n) is 5.67. The van der Waals surface area contributed by atoms with E-state index in [-0.39, 0.29) is 17.9 Å². The quantitative estimate of drug-likeness (QED) is 0.752. The van der Waals surface area contributed by atoms with E-state index in [9.17, 15) is 9.59 Å². The summed E-state index contributed by atoms with van der Waals surface area (Å²) < 4.78 is 0. The Morgan fingerprint density at radius 1 is 1.17 bits per heavy atom. The van der Waals surface area contributed by atoms with Gasteiger partial charge in [-0.15, -0.1) is 0 Å². The van der Waals surface area contributed by atoms with Crippen molar-refractivity contribution >= 4 is 11.8 Å². The third-order valence-corrected chi connectivity index (χ3v) is 4.08. The van der Waals surface area contributed by atoms with Crippen LogP contribution in [0.1, 0.15) is 57.8 Å². The van der Waals surface area contributed by atoms with Gasteiger partial charge in [-0.1, -0.05) is 25.7 Å². The van der Waals surface area contributed by atoms with E-state index in [1.54, 1.807) is 0 Å². The predicted molar refractivity (Wildman–Crippen MR) is 70.0 cm³/mol. The first kappa shape index (κ1) is 13.4. The lowest BCUT2D eigenvalue weighted by Gasteiger charge is -2.24. The second kappa shape index (κ2) is 6.76. The average Bonchev–Trinajstić information content (AvgIpc) is 2.61. The molecule has 2 aliphatic rings. The molecule has 0 aromatic carbocycles. The molecule has 0 bridgehead atoms. The van der Waals surface area contributed by atoms with E-state index >= 15 is 0 Å². The number of hydrogen-bond acceptors (Lipinski definition) is 2. The lowest BCUT2D eigenvalue weighted by Crippen LogP contribution is -2.48. The standard InChI is InChI=1S/C14H24N2O2/c17-13-8-7-12(10-15-13)16-14(18)9-11-5-3-1-2-4-6-11/h11-12H,1-10H2,(H,15,17)(H,16,18). The minimum atomic E-state index is 0.101. The molecule has 4 heteroatoms. The van der Waals surface area contributed by atoms with Crippen molar-refractivity contribution in [1.82, 2.24) is 10.6 Å². The fraction of sp³-hybridized carbons (Fsp3) is 0.857. The van der Waals surface area contributed by atoms with Gasteiger partial charge in [-0.05, 0) is 25.2 Å². The minimum absolute atomic E-state index is 0.101. The summed E-state index contributed by atoms with van der Waals surface area (Å²) in [7, 11) is 0. The first-order valence-electron chi connectivity index (χ1n) is 7.30. The van der Waals surface area contributed by atoms with Gasteiger partial charge in [0, 0.05) is 25.4 Å². The lowest BCUT2D eigenvalue weighted by atomic mass is 9.96. The van der Waals surface area contributed by atoms with E-state index in [0.717, 1.165) is 6.42 Å². The van der Waals surface area contributed by atoms with Gasteiger partial charge in [0.25, 0.3) is 0 Å². The molecule has 2 rings (SSSR count). The van der Waals surface area contributed by atoms with E-state index in [1.807, 2.05) is 0 Å². The van der Waals surface area contributed by atoms with Crippen LogP contribution >= 0.6 is 0 Å². The highest BCUT2D eigenvalue weighted by Crippen LogP contribution is 2.25. The third-order valence-electron chi connectivity index (χ3n) is 4.08. The van der Waals surface area contributed by atoms with Crippen molar-refractivity contribution in [2.75, 3.05) is 6.54 Å². The molecule has 18 heavy (non-hydrogen) atoms. The fourth-order valence-corrected chi connectivity index (χ4v) is 2.97. The van der Waals surface area contributed by atoms with Gasteiger partial charge < -0.3 is 10.6 Å². The summed E-state index contributed by atoms with van der Waals surface area (Å²) in [5, 5.41) is 5.85. The highest BCUT2D eigenvalue weighted by Gasteiger charge is 2.21. The van der Waals surface area contributed by atoms with Crippen molar-refractivity contribution in [3.05, 3.63) is 0 Å². The number of carbonyl (C=O) groups is 2. The van der Waals surface area contributed by atoms with Crippen molar-refractivity contribution in [1.29, 1.82) is 0 Å². The van der Waals surface area contributed by atoms with Crippen LogP contribution in [0.3, 0.4) is 0 Å². The van der Waals surface area contributed by atoms with Crippen LogP contribution in [0.4, 0.5) is 0 Å². The maximum absolute atomic E-state index is 11.9. The minimum Gasteiger partial charge on any atom is -0.354 e. The number of rotatable bonds is 3. The van der Waals surface area contributed by atoms with Crippen molar-refractivity contribution < 1.29 is 9.59 Å². The Balaban J connectivity index is 1.69. The van der Waals surface area contributed by atoms with Crippen molar-refractivity contribution in [3.8, 4) is 0 Å². The molecule has 102 valence electrons. The molecule has 1 unspecified atom stereocenters. The van der Waals surface area contributed by atoms with E-state index in [0.29, 0.717) is 25.3 Å². The van der Waals surface area contributed by atoms with Gasteiger partial charge in [0.2, 0.25) is 11.8 Å². The molecule has 1 atom stereocenters. The zero-order chi connectivity index (χ0) is 12.8. The summed E-state index contributed by atoms with van der Waals surface area (Å²) in [6, 6.07) is 0.140. The largest absolute Gasteiger partial charge is 0.354 e. The number of hydrogen-bond donors (Lipinski definition) is 2. The number of nitrogens with one attached hydrogen (secondary N) is 2. The fourth-order valence-electron chi connectivity index (χ4n) is 2.97. The molecule has 1 saturated heterocycles. The van der Waals surface area contributed by atoms with E-state index in [2.05, 4.69) is 10.6 Å². The topological polar surface area (TPSA) is 58.2 Å². The van der Waals surface area contributed by atoms with E-state index in [1.165, 1.54) is 38.5 Å². The molecule has 2 N–H and O–H groups in total. The summed E-state index contributed by atoms with van der Waals surface area (Å²) >= 11 is 0. The molecule has 0 aromatic heterocycles. The Morgan fingerprint density at radius 3 is 2.50 bits per heavy atom. The number of piperidine rings is 1. The van der Waals surface area contributed by atoms with E-state index in [4.69, 9.17) is 0 Å². The number of carbonyl (C=O) groups excluding carboxylic acids is 2. The summed E-state index contributed by atoms with van der Waals surface area (Å²) in [4.78, 5) is 23.0. The average molecular weight is 252 g/mol. The van der Waals surface area contributed by atoms with Crippen LogP contribution in [0, 0.1) is 5.92 Å². The van der Waals surface area contributed by atoms with Gasteiger partial charge in [-0.25, -0.2) is 0 Å². The molecule has 1 aliphatic carbocycles. The summed E-state index contributed by atoms with van der Waals surface area (Å²) in [6.07, 6.45) is 9.60. The Morgan fingerprint density at radius 2 is 1.89 bits per heavy atom. The maximum Gasteiger partial charge on any atom is 0.220 e. The molecule has 1 heterocycles. The summed E-state index contributed by atoms with van der Waals surface area (Å²) in [6.45, 7) is 0.592. The zero-order valence-electron chi connectivity index (χ0n) is 11.0. The summed E-state index contributed by atoms with van der Waals surface area (Å²) in [5.41, 5.74) is 0. The molecule has 0 spiro atoms. The van der Waals surface area contributed by atoms with Crippen LogP contribution in [0.5, 0.6) is 0 Å². The van der Waals surface area contributed by atoms with Gasteiger partial charge >= 0.3 is 0 Å². The molecule has 2 amide bonds. The molecular weight excluding hydrogens is 228 g/mol. The van der Waals surface area contributed by atoms with E-state index < -0.39 is 0 Å². The molecule has 1 aliphatic heterocycles. The van der Waals surface area contributed by atoms with Gasteiger partial charge in [0.1, 0.15) is 0 Å². The highest BCUT2D eigenvalue weighted by molar-refractivity contribution is 5.79. The van der Waals surface area contributed by atoms with Gasteiger partial charge in [0.15, 0.2) is 0 Å². The molecule has 0 aromatic rings. The molecule has 0 radical (unpaired) electrons. The Hall–Kier alpha value is -1.06. The van der Waals surface area contributed by atoms with Gasteiger partial charge in [-0.2, -0.15) is 0 Å². The van der Waals surface area contributed by atoms with Crippen LogP contribution in [0.15, 0.2) is 0 Å². The van der Waals surface area contributed by atoms with Crippen molar-refractivity contribution in [2.45, 2.75) is 63.8 Å². The second-order valence-corrected chi connectivity index (χ2v) is 5.67. The van der Waals surface area contributed by atoms with Crippen molar-refractivity contribution in [2.24, 2.45) is 5.92 Å². The van der Waals surface area contributed by atoms with Crippen LogP contribution in [0.25, 0.3) is 0 Å². The summed E-state index contributed by atoms with van der Waals surface area (Å²) in [5.74, 6) is 0.845. The molecule has 2 fully saturated rings. The predicted octanol–water partition coefficient (Wildman–Crippen LogP) is 1.74. The van der Waals surface area contributed by atoms with Crippen LogP contribution < -0.4 is 10.6 Å². The van der Waals surface area contributed by atoms with Gasteiger partial charge in [-0.3, -0.25) is 9.59 Å². The Kier molecular flexibility index (Phi) is 5.02. The zero-order valence-corrected chi connectivity index (χ0v) is 11.0. The van der Waals surface area contributed by atoms with Crippen molar-refractivity contribution in [3.63, 3.8) is 0 Å². The van der Waals surface area contributed by atoms with Crippen LogP contribution in [-0.4, -0.2) is 24.4 Å². The molecule has 4 nitrogen and oxygen atoms in total. The molecular formula is C14H24N2O2. The lowest BCUT2D eigenvalue weighted by molar-refractivity contribution is -0.126. The Bertz CT molecular complexity index is 286. The maximum atomic E-state index is 11.9. The normalized spacial score (nSPS) is 26.2. The first-order chi connectivity index (χ1) is 8.74. The first-order valence-corrected chi connectivity index (χ1v) is 7.30.